The largest absolute Gasteiger partial charge is 0.490 e. The topological polar surface area (TPSA) is 84.9 Å². The summed E-state index contributed by atoms with van der Waals surface area (Å²) in [7, 11) is 0. The molecule has 0 aliphatic carbocycles. The van der Waals surface area contributed by atoms with Gasteiger partial charge in [0.25, 0.3) is 5.91 Å². The molecule has 1 amide bonds. The average Bonchev–Trinajstić information content (AvgIpc) is 2.52. The molecule has 0 saturated carbocycles. The van der Waals surface area contributed by atoms with Crippen LogP contribution in [0.2, 0.25) is 0 Å². The highest BCUT2D eigenvalue weighted by Gasteiger charge is 2.33. The van der Waals surface area contributed by atoms with Gasteiger partial charge >= 0.3 is 5.97 Å². The van der Waals surface area contributed by atoms with Crippen molar-refractivity contribution in [1.82, 2.24) is 5.32 Å². The van der Waals surface area contributed by atoms with Crippen LogP contribution in [0.15, 0.2) is 18.2 Å². The Morgan fingerprint density at radius 1 is 1.20 bits per heavy atom. The summed E-state index contributed by atoms with van der Waals surface area (Å²) in [4.78, 5) is 23.8. The summed E-state index contributed by atoms with van der Waals surface area (Å²) in [5.74, 6) is -0.216. The van der Waals surface area contributed by atoms with E-state index in [0.717, 1.165) is 6.42 Å². The Hall–Kier alpha value is -2.24. The second-order valence-electron chi connectivity index (χ2n) is 6.54. The van der Waals surface area contributed by atoms with Crippen molar-refractivity contribution in [3.05, 3.63) is 23.8 Å². The van der Waals surface area contributed by atoms with E-state index < -0.39 is 11.5 Å². The third-order valence-corrected chi connectivity index (χ3v) is 4.16. The molecule has 140 valence electrons. The third kappa shape index (κ3) is 5.96. The summed E-state index contributed by atoms with van der Waals surface area (Å²) in [6.45, 7) is 10.4. The molecule has 1 atom stereocenters. The predicted octanol–water partition coefficient (Wildman–Crippen LogP) is 3.49. The number of rotatable bonds is 10. The van der Waals surface area contributed by atoms with Crippen LogP contribution in [0.3, 0.4) is 0 Å². The van der Waals surface area contributed by atoms with Crippen LogP contribution in [0.4, 0.5) is 0 Å². The standard InChI is InChI=1S/C19H29NO5/c1-6-10-25-15-9-8-14(11-16(15)24-7-2)18(23)20-19(5,13(3)4)12-17(21)22/h8-9,11,13H,6-7,10,12H2,1-5H3,(H,20,23)(H,21,22). The van der Waals surface area contributed by atoms with Gasteiger partial charge in [0, 0.05) is 5.56 Å². The number of hydrogen-bond acceptors (Lipinski definition) is 4. The van der Waals surface area contributed by atoms with Gasteiger partial charge in [0.1, 0.15) is 0 Å². The zero-order chi connectivity index (χ0) is 19.0. The third-order valence-electron chi connectivity index (χ3n) is 4.16. The smallest absolute Gasteiger partial charge is 0.305 e. The molecule has 25 heavy (non-hydrogen) atoms. The Kier molecular flexibility index (Phi) is 7.74. The van der Waals surface area contributed by atoms with Crippen molar-refractivity contribution in [3.8, 4) is 11.5 Å². The zero-order valence-corrected chi connectivity index (χ0v) is 15.7. The molecule has 0 bridgehead atoms. The monoisotopic (exact) mass is 351 g/mol. The van der Waals surface area contributed by atoms with Crippen LogP contribution in [-0.4, -0.2) is 35.7 Å². The van der Waals surface area contributed by atoms with Crippen LogP contribution in [-0.2, 0) is 4.79 Å². The lowest BCUT2D eigenvalue weighted by Crippen LogP contribution is -2.51. The molecule has 6 heteroatoms. The molecule has 0 aliphatic rings. The number of hydrogen-bond donors (Lipinski definition) is 2. The minimum Gasteiger partial charge on any atom is -0.490 e. The number of benzene rings is 1. The number of carbonyl (C=O) groups is 2. The first-order valence-corrected chi connectivity index (χ1v) is 8.67. The molecule has 0 heterocycles. The second-order valence-corrected chi connectivity index (χ2v) is 6.54. The average molecular weight is 351 g/mol. The highest BCUT2D eigenvalue weighted by Crippen LogP contribution is 2.29. The van der Waals surface area contributed by atoms with Gasteiger partial charge in [-0.3, -0.25) is 9.59 Å². The quantitative estimate of drug-likeness (QED) is 0.674. The molecular weight excluding hydrogens is 322 g/mol. The molecule has 0 saturated heterocycles. The zero-order valence-electron chi connectivity index (χ0n) is 15.7. The van der Waals surface area contributed by atoms with Crippen LogP contribution in [0.1, 0.15) is 57.8 Å². The number of carboxylic acids is 1. The second kappa shape index (κ2) is 9.30. The van der Waals surface area contributed by atoms with Crippen molar-refractivity contribution in [2.45, 2.75) is 53.0 Å². The molecule has 0 fully saturated rings. The summed E-state index contributed by atoms with van der Waals surface area (Å²) >= 11 is 0. The minimum absolute atomic E-state index is 0.0360. The first kappa shape index (κ1) is 20.8. The van der Waals surface area contributed by atoms with Gasteiger partial charge in [-0.25, -0.2) is 0 Å². The fraction of sp³-hybridized carbons (Fsp3) is 0.579. The molecule has 0 spiro atoms. The predicted molar refractivity (Wildman–Crippen MR) is 96.4 cm³/mol. The van der Waals surface area contributed by atoms with Gasteiger partial charge in [0.15, 0.2) is 11.5 Å². The maximum Gasteiger partial charge on any atom is 0.305 e. The number of carboxylic acid groups (broad SMARTS) is 1. The number of amides is 1. The van der Waals surface area contributed by atoms with Gasteiger partial charge in [-0.2, -0.15) is 0 Å². The summed E-state index contributed by atoms with van der Waals surface area (Å²) < 4.78 is 11.2. The van der Waals surface area contributed by atoms with Crippen molar-refractivity contribution in [2.24, 2.45) is 5.92 Å². The summed E-state index contributed by atoms with van der Waals surface area (Å²) in [6.07, 6.45) is 0.724. The van der Waals surface area contributed by atoms with E-state index >= 15 is 0 Å². The molecule has 0 aromatic heterocycles. The van der Waals surface area contributed by atoms with E-state index in [1.165, 1.54) is 0 Å². The summed E-state index contributed by atoms with van der Waals surface area (Å²) in [6, 6.07) is 5.00. The molecule has 0 radical (unpaired) electrons. The fourth-order valence-corrected chi connectivity index (χ4v) is 2.29. The van der Waals surface area contributed by atoms with Crippen LogP contribution < -0.4 is 14.8 Å². The van der Waals surface area contributed by atoms with Crippen LogP contribution in [0, 0.1) is 5.92 Å². The lowest BCUT2D eigenvalue weighted by molar-refractivity contribution is -0.138. The molecule has 6 nitrogen and oxygen atoms in total. The molecule has 1 unspecified atom stereocenters. The van der Waals surface area contributed by atoms with Gasteiger partial charge in [-0.05, 0) is 44.4 Å². The highest BCUT2D eigenvalue weighted by atomic mass is 16.5. The minimum atomic E-state index is -0.949. The Morgan fingerprint density at radius 2 is 1.88 bits per heavy atom. The Labute approximate surface area is 149 Å². The van der Waals surface area contributed by atoms with E-state index in [1.807, 2.05) is 27.7 Å². The van der Waals surface area contributed by atoms with Crippen molar-refractivity contribution in [2.75, 3.05) is 13.2 Å². The van der Waals surface area contributed by atoms with Crippen molar-refractivity contribution in [1.29, 1.82) is 0 Å². The van der Waals surface area contributed by atoms with Gasteiger partial charge in [0.05, 0.1) is 25.2 Å². The summed E-state index contributed by atoms with van der Waals surface area (Å²) in [5.41, 5.74) is -0.434. The molecule has 0 aliphatic heterocycles. The Bertz CT molecular complexity index is 599. The number of ether oxygens (including phenoxy) is 2. The van der Waals surface area contributed by atoms with Gasteiger partial charge in [-0.15, -0.1) is 0 Å². The number of aliphatic carboxylic acids is 1. The Balaban J connectivity index is 3.03. The van der Waals surface area contributed by atoms with E-state index in [4.69, 9.17) is 14.6 Å². The van der Waals surface area contributed by atoms with Crippen LogP contribution >= 0.6 is 0 Å². The number of nitrogens with one attached hydrogen (secondary N) is 1. The Morgan fingerprint density at radius 3 is 2.40 bits per heavy atom. The summed E-state index contributed by atoms with van der Waals surface area (Å²) in [5, 5.41) is 12.0. The maximum absolute atomic E-state index is 12.6. The molecule has 1 aromatic rings. The normalized spacial score (nSPS) is 13.2. The van der Waals surface area contributed by atoms with E-state index in [2.05, 4.69) is 5.32 Å². The van der Waals surface area contributed by atoms with E-state index in [-0.39, 0.29) is 18.2 Å². The van der Waals surface area contributed by atoms with Gasteiger partial charge in [0.2, 0.25) is 0 Å². The molecule has 2 N–H and O–H groups in total. The SMILES string of the molecule is CCCOc1ccc(C(=O)NC(C)(CC(=O)O)C(C)C)cc1OCC. The van der Waals surface area contributed by atoms with E-state index in [9.17, 15) is 9.59 Å². The number of carbonyl (C=O) groups excluding carboxylic acids is 1. The van der Waals surface area contributed by atoms with Crippen LogP contribution in [0.5, 0.6) is 11.5 Å². The molecule has 1 rings (SSSR count). The van der Waals surface area contributed by atoms with Crippen LogP contribution in [0.25, 0.3) is 0 Å². The lowest BCUT2D eigenvalue weighted by Gasteiger charge is -2.33. The fourth-order valence-electron chi connectivity index (χ4n) is 2.29. The van der Waals surface area contributed by atoms with E-state index in [0.29, 0.717) is 30.3 Å². The molecular formula is C19H29NO5. The molecule has 1 aromatic carbocycles. The maximum atomic E-state index is 12.6. The van der Waals surface area contributed by atoms with E-state index in [1.54, 1.807) is 25.1 Å². The lowest BCUT2D eigenvalue weighted by atomic mass is 9.85. The van der Waals surface area contributed by atoms with Gasteiger partial charge < -0.3 is 19.9 Å². The van der Waals surface area contributed by atoms with Gasteiger partial charge in [-0.1, -0.05) is 20.8 Å². The first-order chi connectivity index (χ1) is 11.7. The van der Waals surface area contributed by atoms with Crippen molar-refractivity contribution in [3.63, 3.8) is 0 Å². The van der Waals surface area contributed by atoms with Crippen molar-refractivity contribution < 1.29 is 24.2 Å². The first-order valence-electron chi connectivity index (χ1n) is 8.67. The van der Waals surface area contributed by atoms with Crippen molar-refractivity contribution >= 4 is 11.9 Å². The highest BCUT2D eigenvalue weighted by molar-refractivity contribution is 5.95.